The molecule has 1 aliphatic carbocycles. The van der Waals surface area contributed by atoms with Gasteiger partial charge in [0.25, 0.3) is 5.91 Å². The van der Waals surface area contributed by atoms with E-state index in [2.05, 4.69) is 10.1 Å². The van der Waals surface area contributed by atoms with E-state index in [1.807, 2.05) is 12.1 Å². The maximum absolute atomic E-state index is 13.5. The number of carbonyl (C=O) groups is 1. The van der Waals surface area contributed by atoms with Crippen LogP contribution in [0.4, 0.5) is 10.2 Å². The highest BCUT2D eigenvalue weighted by atomic mass is 19.1. The molecule has 2 aromatic heterocycles. The number of rotatable bonds is 2. The predicted octanol–water partition coefficient (Wildman–Crippen LogP) is 3.30. The smallest absolute Gasteiger partial charge is 0.258 e. The maximum Gasteiger partial charge on any atom is 0.258 e. The van der Waals surface area contributed by atoms with Crippen LogP contribution in [0.2, 0.25) is 0 Å². The second-order valence-corrected chi connectivity index (χ2v) is 6.29. The summed E-state index contributed by atoms with van der Waals surface area (Å²) in [6.45, 7) is 0. The van der Waals surface area contributed by atoms with Gasteiger partial charge in [0.15, 0.2) is 5.82 Å². The highest BCUT2D eigenvalue weighted by molar-refractivity contribution is 6.00. The molecule has 2 N–H and O–H groups in total. The highest BCUT2D eigenvalue weighted by Gasteiger charge is 2.44. The fourth-order valence-corrected chi connectivity index (χ4v) is 3.72. The van der Waals surface area contributed by atoms with Crippen LogP contribution in [0.5, 0.6) is 0 Å². The number of carbonyl (C=O) groups excluding carboxylic acids is 1. The van der Waals surface area contributed by atoms with Gasteiger partial charge >= 0.3 is 0 Å². The topological polar surface area (TPSA) is 73.8 Å². The third-order valence-corrected chi connectivity index (χ3v) is 4.94. The van der Waals surface area contributed by atoms with Crippen LogP contribution < -0.4 is 5.73 Å². The third-order valence-electron chi connectivity index (χ3n) is 4.94. The molecule has 0 amide bonds. The number of halogens is 1. The summed E-state index contributed by atoms with van der Waals surface area (Å²) in [5.74, 6) is -0.359. The Balaban J connectivity index is 1.88. The number of anilines is 1. The van der Waals surface area contributed by atoms with Gasteiger partial charge in [0, 0.05) is 17.8 Å². The van der Waals surface area contributed by atoms with Crippen LogP contribution >= 0.6 is 0 Å². The van der Waals surface area contributed by atoms with E-state index in [1.54, 1.807) is 18.5 Å². The highest BCUT2D eigenvalue weighted by Crippen LogP contribution is 2.42. The standard InChI is InChI=1S/C18H17FN4O/c19-13-5-6-15-14(10-13)16(20)22-23(15)17(24)18(7-1-2-8-18)12-4-3-9-21-11-12/h3-6,9-11H,1-2,7-8H2,(H2,20,22). The third kappa shape index (κ3) is 2.10. The van der Waals surface area contributed by atoms with E-state index in [9.17, 15) is 9.18 Å². The Morgan fingerprint density at radius 2 is 2.04 bits per heavy atom. The minimum absolute atomic E-state index is 0.124. The lowest BCUT2D eigenvalue weighted by Crippen LogP contribution is -2.37. The van der Waals surface area contributed by atoms with Gasteiger partial charge in [-0.1, -0.05) is 18.9 Å². The molecule has 122 valence electrons. The monoisotopic (exact) mass is 324 g/mol. The van der Waals surface area contributed by atoms with E-state index in [4.69, 9.17) is 5.73 Å². The van der Waals surface area contributed by atoms with Crippen molar-refractivity contribution in [3.63, 3.8) is 0 Å². The first-order valence-electron chi connectivity index (χ1n) is 8.01. The lowest BCUT2D eigenvalue weighted by Gasteiger charge is -2.27. The number of pyridine rings is 1. The molecule has 24 heavy (non-hydrogen) atoms. The second-order valence-electron chi connectivity index (χ2n) is 6.29. The lowest BCUT2D eigenvalue weighted by atomic mass is 9.78. The van der Waals surface area contributed by atoms with Crippen molar-refractivity contribution in [2.24, 2.45) is 0 Å². The van der Waals surface area contributed by atoms with Crippen LogP contribution in [-0.4, -0.2) is 20.7 Å². The fraction of sp³-hybridized carbons (Fsp3) is 0.278. The molecule has 0 bridgehead atoms. The Hall–Kier alpha value is -2.76. The zero-order chi connectivity index (χ0) is 16.7. The molecule has 0 saturated heterocycles. The summed E-state index contributed by atoms with van der Waals surface area (Å²) in [7, 11) is 0. The summed E-state index contributed by atoms with van der Waals surface area (Å²) < 4.78 is 14.8. The van der Waals surface area contributed by atoms with Crippen molar-refractivity contribution in [1.29, 1.82) is 0 Å². The Bertz CT molecular complexity index is 913. The second kappa shape index (κ2) is 5.40. The molecule has 0 atom stereocenters. The van der Waals surface area contributed by atoms with Crippen LogP contribution in [0.1, 0.15) is 36.0 Å². The molecular weight excluding hydrogens is 307 g/mol. The van der Waals surface area contributed by atoms with E-state index in [0.717, 1.165) is 31.2 Å². The number of nitrogen functional groups attached to an aromatic ring is 1. The van der Waals surface area contributed by atoms with Crippen LogP contribution in [-0.2, 0) is 5.41 Å². The van der Waals surface area contributed by atoms with Gasteiger partial charge in [-0.25, -0.2) is 4.39 Å². The first kappa shape index (κ1) is 14.8. The average Bonchev–Trinajstić information content (AvgIpc) is 3.22. The molecule has 5 nitrogen and oxygen atoms in total. The Labute approximate surface area is 138 Å². The SMILES string of the molecule is Nc1nn(C(=O)C2(c3cccnc3)CCCC2)c2ccc(F)cc12. The largest absolute Gasteiger partial charge is 0.382 e. The Morgan fingerprint density at radius 1 is 1.25 bits per heavy atom. The van der Waals surface area contributed by atoms with Crippen LogP contribution in [0.15, 0.2) is 42.7 Å². The van der Waals surface area contributed by atoms with Gasteiger partial charge in [-0.05, 0) is 42.7 Å². The summed E-state index contributed by atoms with van der Waals surface area (Å²) in [6, 6.07) is 7.96. The van der Waals surface area contributed by atoms with Crippen LogP contribution in [0, 0.1) is 5.82 Å². The average molecular weight is 324 g/mol. The fourth-order valence-electron chi connectivity index (χ4n) is 3.72. The first-order valence-corrected chi connectivity index (χ1v) is 8.01. The minimum Gasteiger partial charge on any atom is -0.382 e. The minimum atomic E-state index is -0.645. The summed E-state index contributed by atoms with van der Waals surface area (Å²) >= 11 is 0. The van der Waals surface area contributed by atoms with Gasteiger partial charge in [-0.15, -0.1) is 5.10 Å². The molecule has 1 saturated carbocycles. The van der Waals surface area contributed by atoms with Gasteiger partial charge < -0.3 is 5.73 Å². The van der Waals surface area contributed by atoms with Gasteiger partial charge in [-0.3, -0.25) is 9.78 Å². The van der Waals surface area contributed by atoms with E-state index < -0.39 is 11.2 Å². The zero-order valence-corrected chi connectivity index (χ0v) is 13.1. The van der Waals surface area contributed by atoms with E-state index in [0.29, 0.717) is 10.9 Å². The zero-order valence-electron chi connectivity index (χ0n) is 13.1. The molecule has 2 heterocycles. The molecule has 4 rings (SSSR count). The molecule has 1 fully saturated rings. The molecule has 0 aliphatic heterocycles. The van der Waals surface area contributed by atoms with Crippen molar-refractivity contribution in [1.82, 2.24) is 14.8 Å². The summed E-state index contributed by atoms with van der Waals surface area (Å²) in [5.41, 5.74) is 6.69. The first-order chi connectivity index (χ1) is 11.6. The number of aromatic nitrogens is 3. The molecule has 1 aliphatic rings. The van der Waals surface area contributed by atoms with Crippen molar-refractivity contribution in [2.75, 3.05) is 5.73 Å². The van der Waals surface area contributed by atoms with E-state index in [1.165, 1.54) is 16.8 Å². The number of hydrogen-bond donors (Lipinski definition) is 1. The van der Waals surface area contributed by atoms with Crippen molar-refractivity contribution in [2.45, 2.75) is 31.1 Å². The van der Waals surface area contributed by atoms with Crippen LogP contribution in [0.25, 0.3) is 10.9 Å². The van der Waals surface area contributed by atoms with Crippen molar-refractivity contribution in [3.05, 3.63) is 54.1 Å². The maximum atomic E-state index is 13.5. The molecular formula is C18H17FN4O. The Kier molecular flexibility index (Phi) is 3.33. The molecule has 0 spiro atoms. The number of nitrogens with two attached hydrogens (primary N) is 1. The quantitative estimate of drug-likeness (QED) is 0.785. The molecule has 3 aromatic rings. The normalized spacial score (nSPS) is 16.5. The summed E-state index contributed by atoms with van der Waals surface area (Å²) in [4.78, 5) is 17.6. The van der Waals surface area contributed by atoms with E-state index >= 15 is 0 Å². The van der Waals surface area contributed by atoms with Gasteiger partial charge in [0.1, 0.15) is 5.82 Å². The van der Waals surface area contributed by atoms with Crippen LogP contribution in [0.3, 0.4) is 0 Å². The number of fused-ring (bicyclic) bond motifs is 1. The summed E-state index contributed by atoms with van der Waals surface area (Å²) in [5, 5.41) is 4.66. The van der Waals surface area contributed by atoms with Gasteiger partial charge in [0.05, 0.1) is 10.9 Å². The number of hydrogen-bond acceptors (Lipinski definition) is 4. The predicted molar refractivity (Wildman–Crippen MR) is 89.1 cm³/mol. The lowest BCUT2D eigenvalue weighted by molar-refractivity contribution is 0.0786. The van der Waals surface area contributed by atoms with E-state index in [-0.39, 0.29) is 11.7 Å². The summed E-state index contributed by atoms with van der Waals surface area (Å²) in [6.07, 6.45) is 6.90. The van der Waals surface area contributed by atoms with Gasteiger partial charge in [0.2, 0.25) is 0 Å². The Morgan fingerprint density at radius 3 is 2.75 bits per heavy atom. The molecule has 6 heteroatoms. The molecule has 1 aromatic carbocycles. The van der Waals surface area contributed by atoms with Gasteiger partial charge in [-0.2, -0.15) is 4.68 Å². The molecule has 0 unspecified atom stereocenters. The number of benzene rings is 1. The number of nitrogens with zero attached hydrogens (tertiary/aromatic N) is 3. The molecule has 0 radical (unpaired) electrons. The van der Waals surface area contributed by atoms with Crippen molar-refractivity contribution < 1.29 is 9.18 Å². The van der Waals surface area contributed by atoms with Crippen molar-refractivity contribution in [3.8, 4) is 0 Å². The van der Waals surface area contributed by atoms with Crippen molar-refractivity contribution >= 4 is 22.6 Å².